The van der Waals surface area contributed by atoms with Crippen molar-refractivity contribution >= 4 is 23.3 Å². The van der Waals surface area contributed by atoms with E-state index in [1.165, 1.54) is 0 Å². The predicted molar refractivity (Wildman–Crippen MR) is 74.0 cm³/mol. The summed E-state index contributed by atoms with van der Waals surface area (Å²) in [5.41, 5.74) is 2.40. The summed E-state index contributed by atoms with van der Waals surface area (Å²) in [7, 11) is 0. The first kappa shape index (κ1) is 13.4. The number of carboxylic acids is 1. The molecule has 0 aliphatic heterocycles. The quantitative estimate of drug-likeness (QED) is 0.932. The molecule has 3 nitrogen and oxygen atoms in total. The minimum absolute atomic E-state index is 0.566. The van der Waals surface area contributed by atoms with E-state index in [1.807, 2.05) is 31.2 Å². The summed E-state index contributed by atoms with van der Waals surface area (Å²) in [5.74, 6) is -1.18. The number of carbonyl (C=O) groups excluding carboxylic acids is 1. The normalized spacial score (nSPS) is 11.9. The Morgan fingerprint density at radius 3 is 2.47 bits per heavy atom. The number of aliphatic carboxylic acids is 1. The van der Waals surface area contributed by atoms with Crippen LogP contribution >= 0.6 is 11.6 Å². The van der Waals surface area contributed by atoms with Crippen LogP contribution in [0.15, 0.2) is 48.5 Å². The molecule has 1 N–H and O–H groups in total. The zero-order valence-corrected chi connectivity index (χ0v) is 11.1. The first-order chi connectivity index (χ1) is 9.06. The van der Waals surface area contributed by atoms with Crippen molar-refractivity contribution in [3.05, 3.63) is 64.7 Å². The second kappa shape index (κ2) is 5.76. The second-order valence-corrected chi connectivity index (χ2v) is 4.75. The summed E-state index contributed by atoms with van der Waals surface area (Å²) in [6.45, 7) is 1.95. The average molecular weight is 275 g/mol. The van der Waals surface area contributed by atoms with E-state index in [2.05, 4.69) is 5.32 Å². The third-order valence-electron chi connectivity index (χ3n) is 2.77. The van der Waals surface area contributed by atoms with Crippen molar-refractivity contribution in [1.29, 1.82) is 0 Å². The number of nitrogens with one attached hydrogen (secondary N) is 1. The Kier molecular flexibility index (Phi) is 4.07. The van der Waals surface area contributed by atoms with E-state index in [0.717, 1.165) is 11.3 Å². The number of hydrogen-bond donors (Lipinski definition) is 1. The van der Waals surface area contributed by atoms with Gasteiger partial charge in [-0.05, 0) is 42.3 Å². The average Bonchev–Trinajstić information content (AvgIpc) is 2.37. The van der Waals surface area contributed by atoms with Crippen LogP contribution in [-0.4, -0.2) is 5.97 Å². The summed E-state index contributed by atoms with van der Waals surface area (Å²) >= 11 is 5.79. The molecule has 0 spiro atoms. The Morgan fingerprint density at radius 1 is 1.21 bits per heavy atom. The molecule has 1 atom stereocenters. The van der Waals surface area contributed by atoms with E-state index in [4.69, 9.17) is 11.6 Å². The number of rotatable bonds is 4. The van der Waals surface area contributed by atoms with Gasteiger partial charge in [-0.1, -0.05) is 35.9 Å². The Bertz CT molecular complexity index is 581. The minimum atomic E-state index is -1.18. The molecular formula is C15H13ClNO2-. The Hall–Kier alpha value is -2.00. The zero-order valence-electron chi connectivity index (χ0n) is 10.4. The summed E-state index contributed by atoms with van der Waals surface area (Å²) < 4.78 is 0. The van der Waals surface area contributed by atoms with E-state index in [0.29, 0.717) is 10.6 Å². The maximum Gasteiger partial charge on any atom is 0.0912 e. The van der Waals surface area contributed by atoms with Gasteiger partial charge in [0.2, 0.25) is 0 Å². The molecule has 98 valence electrons. The van der Waals surface area contributed by atoms with E-state index in [1.54, 1.807) is 24.3 Å². The lowest BCUT2D eigenvalue weighted by Crippen LogP contribution is -2.34. The Morgan fingerprint density at radius 2 is 1.89 bits per heavy atom. The van der Waals surface area contributed by atoms with Crippen LogP contribution in [0.25, 0.3) is 0 Å². The lowest BCUT2D eigenvalue weighted by Gasteiger charge is -2.21. The smallest absolute Gasteiger partial charge is 0.0912 e. The summed E-state index contributed by atoms with van der Waals surface area (Å²) in [6, 6.07) is 13.3. The fourth-order valence-corrected chi connectivity index (χ4v) is 1.96. The zero-order chi connectivity index (χ0) is 13.8. The van der Waals surface area contributed by atoms with Crippen LogP contribution in [0, 0.1) is 6.92 Å². The summed E-state index contributed by atoms with van der Waals surface area (Å²) in [6.07, 6.45) is 0. The molecule has 0 radical (unpaired) electrons. The first-order valence-corrected chi connectivity index (χ1v) is 6.23. The van der Waals surface area contributed by atoms with Gasteiger partial charge in [0.1, 0.15) is 0 Å². The van der Waals surface area contributed by atoms with Gasteiger partial charge in [-0.15, -0.1) is 0 Å². The molecule has 0 saturated heterocycles. The Labute approximate surface area is 116 Å². The molecule has 4 heteroatoms. The first-order valence-electron chi connectivity index (χ1n) is 5.86. The number of carbonyl (C=O) groups is 1. The second-order valence-electron chi connectivity index (χ2n) is 4.32. The monoisotopic (exact) mass is 274 g/mol. The fourth-order valence-electron chi connectivity index (χ4n) is 1.84. The molecule has 0 aromatic heterocycles. The fraction of sp³-hybridized carbons (Fsp3) is 0.133. The van der Waals surface area contributed by atoms with Crippen molar-refractivity contribution in [2.45, 2.75) is 13.0 Å². The predicted octanol–water partition coefficient (Wildman–Crippen LogP) is 2.55. The van der Waals surface area contributed by atoms with Crippen molar-refractivity contribution < 1.29 is 9.90 Å². The third kappa shape index (κ3) is 3.48. The van der Waals surface area contributed by atoms with E-state index in [9.17, 15) is 9.90 Å². The van der Waals surface area contributed by atoms with Crippen molar-refractivity contribution in [3.8, 4) is 0 Å². The van der Waals surface area contributed by atoms with Crippen LogP contribution in [0.2, 0.25) is 5.02 Å². The molecule has 0 heterocycles. The van der Waals surface area contributed by atoms with Gasteiger partial charge in [-0.25, -0.2) is 0 Å². The SMILES string of the molecule is Cc1cccc(N[C@@H](C(=O)[O-])c2ccc(Cl)cc2)c1. The number of halogens is 1. The van der Waals surface area contributed by atoms with Gasteiger partial charge in [0, 0.05) is 10.7 Å². The van der Waals surface area contributed by atoms with E-state index < -0.39 is 12.0 Å². The van der Waals surface area contributed by atoms with Crippen LogP contribution in [0.4, 0.5) is 5.69 Å². The van der Waals surface area contributed by atoms with Gasteiger partial charge in [0.25, 0.3) is 0 Å². The van der Waals surface area contributed by atoms with Crippen LogP contribution in [-0.2, 0) is 4.79 Å². The molecule has 2 aromatic rings. The van der Waals surface area contributed by atoms with Crippen LogP contribution in [0.1, 0.15) is 17.2 Å². The largest absolute Gasteiger partial charge is 0.548 e. The molecule has 2 rings (SSSR count). The van der Waals surface area contributed by atoms with Crippen molar-refractivity contribution in [2.24, 2.45) is 0 Å². The standard InChI is InChI=1S/C15H14ClNO2/c1-10-3-2-4-13(9-10)17-14(15(18)19)11-5-7-12(16)8-6-11/h2-9,14,17H,1H3,(H,18,19)/p-1/t14-/m1/s1. The number of benzene rings is 2. The molecule has 0 amide bonds. The van der Waals surface area contributed by atoms with Crippen LogP contribution in [0.3, 0.4) is 0 Å². The molecule has 0 fully saturated rings. The molecule has 19 heavy (non-hydrogen) atoms. The van der Waals surface area contributed by atoms with Gasteiger partial charge < -0.3 is 15.2 Å². The van der Waals surface area contributed by atoms with E-state index in [-0.39, 0.29) is 0 Å². The van der Waals surface area contributed by atoms with Gasteiger partial charge in [-0.2, -0.15) is 0 Å². The maximum absolute atomic E-state index is 11.3. The van der Waals surface area contributed by atoms with Crippen LogP contribution in [0.5, 0.6) is 0 Å². The van der Waals surface area contributed by atoms with Gasteiger partial charge in [0.05, 0.1) is 12.0 Å². The minimum Gasteiger partial charge on any atom is -0.548 e. The molecule has 0 aliphatic rings. The lowest BCUT2D eigenvalue weighted by atomic mass is 10.1. The third-order valence-corrected chi connectivity index (χ3v) is 3.02. The molecule has 0 saturated carbocycles. The molecule has 2 aromatic carbocycles. The topological polar surface area (TPSA) is 52.2 Å². The van der Waals surface area contributed by atoms with Gasteiger partial charge in [0.15, 0.2) is 0 Å². The van der Waals surface area contributed by atoms with Crippen LogP contribution < -0.4 is 10.4 Å². The van der Waals surface area contributed by atoms with Crippen molar-refractivity contribution in [1.82, 2.24) is 0 Å². The Balaban J connectivity index is 2.26. The molecule has 0 aliphatic carbocycles. The molecule has 0 bridgehead atoms. The van der Waals surface area contributed by atoms with E-state index >= 15 is 0 Å². The lowest BCUT2D eigenvalue weighted by molar-refractivity contribution is -0.307. The van der Waals surface area contributed by atoms with Gasteiger partial charge in [-0.3, -0.25) is 0 Å². The maximum atomic E-state index is 11.3. The van der Waals surface area contributed by atoms with Crippen molar-refractivity contribution in [3.63, 3.8) is 0 Å². The highest BCUT2D eigenvalue weighted by atomic mass is 35.5. The highest BCUT2D eigenvalue weighted by Crippen LogP contribution is 2.21. The number of carboxylic acid groups (broad SMARTS) is 1. The molecular weight excluding hydrogens is 262 g/mol. The van der Waals surface area contributed by atoms with Crippen molar-refractivity contribution in [2.75, 3.05) is 5.32 Å². The molecule has 0 unspecified atom stereocenters. The highest BCUT2D eigenvalue weighted by molar-refractivity contribution is 6.30. The summed E-state index contributed by atoms with van der Waals surface area (Å²) in [4.78, 5) is 11.3. The summed E-state index contributed by atoms with van der Waals surface area (Å²) in [5, 5.41) is 14.8. The highest BCUT2D eigenvalue weighted by Gasteiger charge is 2.12. The van der Waals surface area contributed by atoms with Gasteiger partial charge >= 0.3 is 0 Å². The number of hydrogen-bond acceptors (Lipinski definition) is 3. The number of anilines is 1. The number of aryl methyl sites for hydroxylation is 1.